The van der Waals surface area contributed by atoms with Gasteiger partial charge in [0.05, 0.1) is 20.4 Å². The summed E-state index contributed by atoms with van der Waals surface area (Å²) < 4.78 is 10.5. The number of rotatable bonds is 7. The van der Waals surface area contributed by atoms with Crippen LogP contribution in [0.15, 0.2) is 54.7 Å². The smallest absolute Gasteiger partial charge is 0.249 e. The summed E-state index contributed by atoms with van der Waals surface area (Å²) in [4.78, 5) is 4.41. The number of benzene rings is 2. The fourth-order valence-corrected chi connectivity index (χ4v) is 2.28. The van der Waals surface area contributed by atoms with Crippen molar-refractivity contribution < 1.29 is 9.47 Å². The van der Waals surface area contributed by atoms with Crippen molar-refractivity contribution in [3.63, 3.8) is 0 Å². The van der Waals surface area contributed by atoms with E-state index in [2.05, 4.69) is 25.8 Å². The standard InChI is InChI=1S/C18H19N5O2/c1-24-15-9-7-14(8-10-15)21-18-22-17(12-20-23-18)19-11-13-5-3-4-6-16(13)25-2/h3-10,12H,11H2,1-2H3,(H2,19,21,22,23). The maximum absolute atomic E-state index is 5.34. The first-order chi connectivity index (χ1) is 12.3. The summed E-state index contributed by atoms with van der Waals surface area (Å²) >= 11 is 0. The van der Waals surface area contributed by atoms with Crippen molar-refractivity contribution >= 4 is 17.5 Å². The number of para-hydroxylation sites is 1. The summed E-state index contributed by atoms with van der Waals surface area (Å²) in [7, 11) is 3.29. The number of anilines is 3. The summed E-state index contributed by atoms with van der Waals surface area (Å²) in [5, 5.41) is 14.3. The molecule has 25 heavy (non-hydrogen) atoms. The normalized spacial score (nSPS) is 10.2. The molecule has 128 valence electrons. The van der Waals surface area contributed by atoms with Gasteiger partial charge >= 0.3 is 0 Å². The molecule has 0 radical (unpaired) electrons. The second-order valence-electron chi connectivity index (χ2n) is 5.18. The van der Waals surface area contributed by atoms with Gasteiger partial charge in [0, 0.05) is 17.8 Å². The van der Waals surface area contributed by atoms with E-state index in [1.54, 1.807) is 20.4 Å². The molecule has 1 aromatic heterocycles. The van der Waals surface area contributed by atoms with Gasteiger partial charge in [-0.3, -0.25) is 0 Å². The quantitative estimate of drug-likeness (QED) is 0.685. The molecule has 7 nitrogen and oxygen atoms in total. The molecule has 0 unspecified atom stereocenters. The number of aromatic nitrogens is 3. The van der Waals surface area contributed by atoms with Crippen LogP contribution in [0, 0.1) is 0 Å². The average Bonchev–Trinajstić information content (AvgIpc) is 2.67. The summed E-state index contributed by atoms with van der Waals surface area (Å²) in [5.41, 5.74) is 1.89. The molecule has 0 aliphatic heterocycles. The largest absolute Gasteiger partial charge is 0.497 e. The van der Waals surface area contributed by atoms with Crippen LogP contribution >= 0.6 is 0 Å². The first-order valence-electron chi connectivity index (χ1n) is 7.75. The summed E-state index contributed by atoms with van der Waals surface area (Å²) in [6.07, 6.45) is 1.58. The molecule has 3 rings (SSSR count). The lowest BCUT2D eigenvalue weighted by atomic mass is 10.2. The van der Waals surface area contributed by atoms with Crippen LogP contribution in [0.5, 0.6) is 11.5 Å². The van der Waals surface area contributed by atoms with Crippen LogP contribution in [0.4, 0.5) is 17.5 Å². The molecule has 0 spiro atoms. The summed E-state index contributed by atoms with van der Waals surface area (Å²) in [5.74, 6) is 2.65. The zero-order valence-corrected chi connectivity index (χ0v) is 14.1. The highest BCUT2D eigenvalue weighted by Gasteiger charge is 2.04. The molecule has 0 atom stereocenters. The number of ether oxygens (including phenoxy) is 2. The lowest BCUT2D eigenvalue weighted by Crippen LogP contribution is -2.06. The Morgan fingerprint density at radius 2 is 1.76 bits per heavy atom. The molecule has 0 amide bonds. The highest BCUT2D eigenvalue weighted by Crippen LogP contribution is 2.20. The SMILES string of the molecule is COc1ccc(Nc2nncc(NCc3ccccc3OC)n2)cc1. The minimum atomic E-state index is 0.412. The number of nitrogens with zero attached hydrogens (tertiary/aromatic N) is 3. The zero-order chi connectivity index (χ0) is 17.5. The molecule has 0 bridgehead atoms. The van der Waals surface area contributed by atoms with E-state index in [0.717, 1.165) is 22.7 Å². The number of hydrogen-bond acceptors (Lipinski definition) is 7. The zero-order valence-electron chi connectivity index (χ0n) is 14.1. The fourth-order valence-electron chi connectivity index (χ4n) is 2.28. The highest BCUT2D eigenvalue weighted by molar-refractivity contribution is 5.55. The van der Waals surface area contributed by atoms with Gasteiger partial charge in [0.2, 0.25) is 5.95 Å². The molecule has 0 saturated carbocycles. The Labute approximate surface area is 146 Å². The Bertz CT molecular complexity index is 824. The third-order valence-corrected chi connectivity index (χ3v) is 3.56. The Balaban J connectivity index is 1.66. The van der Waals surface area contributed by atoms with Crippen molar-refractivity contribution in [3.8, 4) is 11.5 Å². The van der Waals surface area contributed by atoms with E-state index < -0.39 is 0 Å². The maximum Gasteiger partial charge on any atom is 0.249 e. The lowest BCUT2D eigenvalue weighted by molar-refractivity contribution is 0.410. The monoisotopic (exact) mass is 337 g/mol. The van der Waals surface area contributed by atoms with Crippen LogP contribution < -0.4 is 20.1 Å². The van der Waals surface area contributed by atoms with Crippen molar-refractivity contribution in [1.82, 2.24) is 15.2 Å². The number of hydrogen-bond donors (Lipinski definition) is 2. The topological polar surface area (TPSA) is 81.2 Å². The third kappa shape index (κ3) is 4.35. The molecular formula is C18H19N5O2. The van der Waals surface area contributed by atoms with E-state index in [-0.39, 0.29) is 0 Å². The number of nitrogens with one attached hydrogen (secondary N) is 2. The van der Waals surface area contributed by atoms with Gasteiger partial charge in [0.1, 0.15) is 11.5 Å². The second kappa shape index (κ2) is 7.96. The second-order valence-corrected chi connectivity index (χ2v) is 5.18. The molecular weight excluding hydrogens is 318 g/mol. The summed E-state index contributed by atoms with van der Waals surface area (Å²) in [6, 6.07) is 15.3. The predicted octanol–water partition coefficient (Wildman–Crippen LogP) is 3.24. The van der Waals surface area contributed by atoms with E-state index in [0.29, 0.717) is 18.3 Å². The van der Waals surface area contributed by atoms with Gasteiger partial charge in [-0.1, -0.05) is 18.2 Å². The molecule has 0 aliphatic carbocycles. The van der Waals surface area contributed by atoms with E-state index >= 15 is 0 Å². The molecule has 1 heterocycles. The van der Waals surface area contributed by atoms with Crippen molar-refractivity contribution in [2.45, 2.75) is 6.54 Å². The van der Waals surface area contributed by atoms with Crippen LogP contribution in [0.2, 0.25) is 0 Å². The molecule has 7 heteroatoms. The van der Waals surface area contributed by atoms with Crippen LogP contribution in [0.1, 0.15) is 5.56 Å². The predicted molar refractivity (Wildman–Crippen MR) is 96.4 cm³/mol. The molecule has 0 saturated heterocycles. The van der Waals surface area contributed by atoms with Crippen LogP contribution in [-0.4, -0.2) is 29.4 Å². The Hall–Kier alpha value is -3.35. The van der Waals surface area contributed by atoms with Crippen molar-refractivity contribution in [2.24, 2.45) is 0 Å². The Kier molecular flexibility index (Phi) is 5.26. The van der Waals surface area contributed by atoms with E-state index in [9.17, 15) is 0 Å². The minimum Gasteiger partial charge on any atom is -0.497 e. The van der Waals surface area contributed by atoms with E-state index in [1.807, 2.05) is 48.5 Å². The van der Waals surface area contributed by atoms with Gasteiger partial charge in [0.15, 0.2) is 5.82 Å². The van der Waals surface area contributed by atoms with Gasteiger partial charge < -0.3 is 20.1 Å². The minimum absolute atomic E-state index is 0.412. The van der Waals surface area contributed by atoms with Gasteiger partial charge in [-0.2, -0.15) is 10.1 Å². The summed E-state index contributed by atoms with van der Waals surface area (Å²) in [6.45, 7) is 0.574. The molecule has 2 N–H and O–H groups in total. The maximum atomic E-state index is 5.34. The van der Waals surface area contributed by atoms with Crippen molar-refractivity contribution in [1.29, 1.82) is 0 Å². The third-order valence-electron chi connectivity index (χ3n) is 3.56. The highest BCUT2D eigenvalue weighted by atomic mass is 16.5. The van der Waals surface area contributed by atoms with E-state index in [4.69, 9.17) is 9.47 Å². The Morgan fingerprint density at radius 3 is 2.52 bits per heavy atom. The van der Waals surface area contributed by atoms with Crippen molar-refractivity contribution in [2.75, 3.05) is 24.9 Å². The van der Waals surface area contributed by atoms with Gasteiger partial charge in [-0.15, -0.1) is 5.10 Å². The molecule has 3 aromatic rings. The van der Waals surface area contributed by atoms with Crippen LogP contribution in [0.3, 0.4) is 0 Å². The first kappa shape index (κ1) is 16.5. The lowest BCUT2D eigenvalue weighted by Gasteiger charge is -2.10. The van der Waals surface area contributed by atoms with Crippen molar-refractivity contribution in [3.05, 3.63) is 60.3 Å². The number of methoxy groups -OCH3 is 2. The molecule has 2 aromatic carbocycles. The molecule has 0 aliphatic rings. The molecule has 0 fully saturated rings. The van der Waals surface area contributed by atoms with Gasteiger partial charge in [-0.25, -0.2) is 0 Å². The fraction of sp³-hybridized carbons (Fsp3) is 0.167. The van der Waals surface area contributed by atoms with Gasteiger partial charge in [-0.05, 0) is 30.3 Å². The van der Waals surface area contributed by atoms with Gasteiger partial charge in [0.25, 0.3) is 0 Å². The average molecular weight is 337 g/mol. The van der Waals surface area contributed by atoms with Crippen LogP contribution in [-0.2, 0) is 6.54 Å². The van der Waals surface area contributed by atoms with Crippen LogP contribution in [0.25, 0.3) is 0 Å². The first-order valence-corrected chi connectivity index (χ1v) is 7.75. The Morgan fingerprint density at radius 1 is 0.960 bits per heavy atom. The van der Waals surface area contributed by atoms with E-state index in [1.165, 1.54) is 0 Å².